The average molecular weight is 475 g/mol. The lowest BCUT2D eigenvalue weighted by molar-refractivity contribution is -0.300. The highest BCUT2D eigenvalue weighted by Gasteiger charge is 2.44. The van der Waals surface area contributed by atoms with Crippen LogP contribution in [0.5, 0.6) is 0 Å². The van der Waals surface area contributed by atoms with E-state index >= 15 is 0 Å². The molecule has 1 heterocycles. The van der Waals surface area contributed by atoms with Crippen molar-refractivity contribution in [3.63, 3.8) is 0 Å². The van der Waals surface area contributed by atoms with Crippen molar-refractivity contribution in [3.05, 3.63) is 0 Å². The molecule has 0 spiro atoms. The van der Waals surface area contributed by atoms with Gasteiger partial charge in [0.1, 0.15) is 31.0 Å². The Labute approximate surface area is 201 Å². The first-order chi connectivity index (χ1) is 16.0. The third-order valence-corrected chi connectivity index (χ3v) is 6.39. The molecule has 3 N–H and O–H groups in total. The van der Waals surface area contributed by atoms with Crippen LogP contribution in [0.2, 0.25) is 0 Å². The molecule has 196 valence electrons. The molecule has 0 saturated carbocycles. The summed E-state index contributed by atoms with van der Waals surface area (Å²) in [6, 6.07) is 0. The van der Waals surface area contributed by atoms with E-state index in [0.29, 0.717) is 6.42 Å². The van der Waals surface area contributed by atoms with E-state index in [0.717, 1.165) is 19.3 Å². The Balaban J connectivity index is 1.96. The van der Waals surface area contributed by atoms with Crippen LogP contribution in [0.3, 0.4) is 0 Å². The number of hydrogen-bond acceptors (Lipinski definition) is 7. The minimum atomic E-state index is -1.41. The second-order valence-electron chi connectivity index (χ2n) is 9.35. The lowest BCUT2D eigenvalue weighted by Crippen LogP contribution is -2.59. The summed E-state index contributed by atoms with van der Waals surface area (Å²) in [5, 5.41) is 29.8. The Morgan fingerprint density at radius 2 is 1.18 bits per heavy atom. The minimum Gasteiger partial charge on any atom is -0.463 e. The largest absolute Gasteiger partial charge is 0.463 e. The van der Waals surface area contributed by atoms with Crippen LogP contribution in [0.4, 0.5) is 0 Å². The second-order valence-corrected chi connectivity index (χ2v) is 9.35. The second kappa shape index (κ2) is 19.6. The van der Waals surface area contributed by atoms with E-state index in [2.05, 4.69) is 6.92 Å². The topological polar surface area (TPSA) is 105 Å². The van der Waals surface area contributed by atoms with Gasteiger partial charge in [-0.25, -0.2) is 0 Å². The molecule has 0 aromatic carbocycles. The summed E-state index contributed by atoms with van der Waals surface area (Å²) in [5.74, 6) is -0.339. The fourth-order valence-electron chi connectivity index (χ4n) is 4.24. The van der Waals surface area contributed by atoms with Crippen LogP contribution in [-0.2, 0) is 19.0 Å². The van der Waals surface area contributed by atoms with Crippen LogP contribution in [0, 0.1) is 0 Å². The molecule has 1 aliphatic heterocycles. The van der Waals surface area contributed by atoms with Crippen molar-refractivity contribution in [2.75, 3.05) is 13.2 Å². The molecule has 0 bridgehead atoms. The molecule has 1 aliphatic rings. The number of carbonyl (C=O) groups excluding carboxylic acids is 1. The molecular weight excluding hydrogens is 424 g/mol. The molecule has 1 saturated heterocycles. The first-order valence-electron chi connectivity index (χ1n) is 13.5. The normalized spacial score (nSPS) is 25.3. The van der Waals surface area contributed by atoms with Crippen LogP contribution in [0.15, 0.2) is 0 Å². The van der Waals surface area contributed by atoms with Crippen LogP contribution < -0.4 is 0 Å². The minimum absolute atomic E-state index is 0.175. The molecule has 7 nitrogen and oxygen atoms in total. The third-order valence-electron chi connectivity index (χ3n) is 6.39. The molecule has 1 fully saturated rings. The summed E-state index contributed by atoms with van der Waals surface area (Å²) >= 11 is 0. The Hall–Kier alpha value is -0.730. The maximum Gasteiger partial charge on any atom is 0.305 e. The van der Waals surface area contributed by atoms with Crippen LogP contribution >= 0.6 is 0 Å². The van der Waals surface area contributed by atoms with Crippen molar-refractivity contribution < 1.29 is 34.3 Å². The maximum atomic E-state index is 12.0. The highest BCUT2D eigenvalue weighted by atomic mass is 16.7. The van der Waals surface area contributed by atoms with Gasteiger partial charge in [-0.2, -0.15) is 0 Å². The van der Waals surface area contributed by atoms with E-state index in [1.807, 2.05) is 0 Å². The number of rotatable bonds is 20. The Bertz CT molecular complexity index is 474. The predicted octanol–water partition coefficient (Wildman–Crippen LogP) is 4.64. The smallest absolute Gasteiger partial charge is 0.305 e. The molecule has 0 aromatic heterocycles. The van der Waals surface area contributed by atoms with Crippen molar-refractivity contribution in [2.24, 2.45) is 0 Å². The first kappa shape index (κ1) is 30.3. The van der Waals surface area contributed by atoms with Crippen molar-refractivity contribution in [1.82, 2.24) is 0 Å². The SMILES string of the molecule is CCCCCCCCCCCCCCCCCC(=O)OC[C@H]1O[C@@H](OCC)[C@H](O)[C@@H](O)[C@@H]1O. The molecule has 33 heavy (non-hydrogen) atoms. The molecule has 0 aliphatic carbocycles. The molecule has 0 unspecified atom stereocenters. The summed E-state index contributed by atoms with van der Waals surface area (Å²) in [7, 11) is 0. The highest BCUT2D eigenvalue weighted by molar-refractivity contribution is 5.69. The summed E-state index contributed by atoms with van der Waals surface area (Å²) in [5.41, 5.74) is 0. The van der Waals surface area contributed by atoms with Gasteiger partial charge in [-0.3, -0.25) is 4.79 Å². The third kappa shape index (κ3) is 13.7. The number of aliphatic hydroxyl groups is 3. The number of unbranched alkanes of at least 4 members (excludes halogenated alkanes) is 14. The highest BCUT2D eigenvalue weighted by Crippen LogP contribution is 2.22. The van der Waals surface area contributed by atoms with Gasteiger partial charge in [-0.15, -0.1) is 0 Å². The van der Waals surface area contributed by atoms with Gasteiger partial charge in [-0.05, 0) is 13.3 Å². The summed E-state index contributed by atoms with van der Waals surface area (Å²) in [6.45, 7) is 4.11. The molecule has 0 aromatic rings. The van der Waals surface area contributed by atoms with Crippen molar-refractivity contribution in [1.29, 1.82) is 0 Å². The van der Waals surface area contributed by atoms with E-state index < -0.39 is 30.7 Å². The zero-order chi connectivity index (χ0) is 24.3. The van der Waals surface area contributed by atoms with Crippen molar-refractivity contribution in [3.8, 4) is 0 Å². The first-order valence-corrected chi connectivity index (χ1v) is 13.5. The Morgan fingerprint density at radius 1 is 0.697 bits per heavy atom. The van der Waals surface area contributed by atoms with Crippen molar-refractivity contribution in [2.45, 2.75) is 147 Å². The fraction of sp³-hybridized carbons (Fsp3) is 0.962. The standard InChI is InChI=1S/C26H50O7/c1-3-5-6-7-8-9-10-11-12-13-14-15-16-17-18-19-22(27)32-20-21-23(28)24(29)25(30)26(33-21)31-4-2/h21,23-26,28-30H,3-20H2,1-2H3/t21-,23-,24+,25-,26-/m1/s1. The van der Waals surface area contributed by atoms with Gasteiger partial charge in [0.15, 0.2) is 6.29 Å². The molecule has 0 amide bonds. The number of carbonyl (C=O) groups is 1. The fourth-order valence-corrected chi connectivity index (χ4v) is 4.24. The molecule has 0 radical (unpaired) electrons. The van der Waals surface area contributed by atoms with Gasteiger partial charge in [0.2, 0.25) is 0 Å². The van der Waals surface area contributed by atoms with Gasteiger partial charge in [0.25, 0.3) is 0 Å². The number of ether oxygens (including phenoxy) is 3. The zero-order valence-electron chi connectivity index (χ0n) is 21.1. The Kier molecular flexibility index (Phi) is 18.0. The quantitative estimate of drug-likeness (QED) is 0.174. The van der Waals surface area contributed by atoms with Crippen LogP contribution in [0.1, 0.15) is 117 Å². The molecule has 5 atom stereocenters. The monoisotopic (exact) mass is 474 g/mol. The van der Waals surface area contributed by atoms with Gasteiger partial charge in [0.05, 0.1) is 0 Å². The van der Waals surface area contributed by atoms with E-state index in [-0.39, 0.29) is 19.2 Å². The van der Waals surface area contributed by atoms with E-state index in [4.69, 9.17) is 14.2 Å². The van der Waals surface area contributed by atoms with E-state index in [9.17, 15) is 20.1 Å². The molecule has 1 rings (SSSR count). The van der Waals surface area contributed by atoms with Crippen molar-refractivity contribution >= 4 is 5.97 Å². The van der Waals surface area contributed by atoms with E-state index in [1.165, 1.54) is 77.0 Å². The zero-order valence-corrected chi connectivity index (χ0v) is 21.1. The average Bonchev–Trinajstić information content (AvgIpc) is 2.81. The lowest BCUT2D eigenvalue weighted by atomic mass is 9.99. The Morgan fingerprint density at radius 3 is 1.67 bits per heavy atom. The summed E-state index contributed by atoms with van der Waals surface area (Å²) in [6.07, 6.45) is 13.4. The van der Waals surface area contributed by atoms with Gasteiger partial charge in [0, 0.05) is 13.0 Å². The summed E-state index contributed by atoms with van der Waals surface area (Å²) in [4.78, 5) is 12.0. The summed E-state index contributed by atoms with van der Waals surface area (Å²) < 4.78 is 15.9. The number of hydrogen-bond donors (Lipinski definition) is 3. The van der Waals surface area contributed by atoms with Gasteiger partial charge < -0.3 is 29.5 Å². The van der Waals surface area contributed by atoms with E-state index in [1.54, 1.807) is 6.92 Å². The lowest BCUT2D eigenvalue weighted by Gasteiger charge is -2.39. The van der Waals surface area contributed by atoms with Gasteiger partial charge >= 0.3 is 5.97 Å². The maximum absolute atomic E-state index is 12.0. The van der Waals surface area contributed by atoms with Crippen LogP contribution in [-0.4, -0.2) is 65.2 Å². The predicted molar refractivity (Wildman–Crippen MR) is 129 cm³/mol. The molecule has 7 heteroatoms. The molecular formula is C26H50O7. The van der Waals surface area contributed by atoms with Crippen LogP contribution in [0.25, 0.3) is 0 Å². The van der Waals surface area contributed by atoms with Gasteiger partial charge in [-0.1, -0.05) is 96.8 Å². The number of esters is 1. The number of aliphatic hydroxyl groups excluding tert-OH is 3.